The highest BCUT2D eigenvalue weighted by atomic mass is 16.6. The fraction of sp³-hybridized carbons (Fsp3) is 0.500. The van der Waals surface area contributed by atoms with Gasteiger partial charge in [0.15, 0.2) is 0 Å². The number of piperazine rings is 1. The number of hydrogen-bond donors (Lipinski definition) is 1. The standard InChI is InChI=1S/C18H25N3O4/c1-4-25-18(24)21-7-5-20(6-8-21)16(22)12-19-17(23)15-10-13(2)9-14(3)11-15/h9-11H,4-8,12H2,1-3H3,(H,19,23). The molecule has 2 rings (SSSR count). The molecule has 1 saturated heterocycles. The van der Waals surface area contributed by atoms with Gasteiger partial charge in [0.05, 0.1) is 13.2 Å². The third-order valence-corrected chi connectivity index (χ3v) is 4.04. The second kappa shape index (κ2) is 8.50. The van der Waals surface area contributed by atoms with Gasteiger partial charge in [0.2, 0.25) is 5.91 Å². The summed E-state index contributed by atoms with van der Waals surface area (Å²) in [5.74, 6) is -0.411. The first-order chi connectivity index (χ1) is 11.9. The van der Waals surface area contributed by atoms with Crippen LogP contribution in [-0.2, 0) is 9.53 Å². The lowest BCUT2D eigenvalue weighted by Crippen LogP contribution is -2.52. The van der Waals surface area contributed by atoms with Gasteiger partial charge in [-0.15, -0.1) is 0 Å². The Morgan fingerprint density at radius 3 is 2.12 bits per heavy atom. The summed E-state index contributed by atoms with van der Waals surface area (Å²) in [7, 11) is 0. The molecule has 3 amide bonds. The number of amides is 3. The first kappa shape index (κ1) is 18.8. The van der Waals surface area contributed by atoms with Gasteiger partial charge in [-0.25, -0.2) is 4.79 Å². The Bertz CT molecular complexity index is 631. The summed E-state index contributed by atoms with van der Waals surface area (Å²) in [5.41, 5.74) is 2.57. The molecule has 7 heteroatoms. The van der Waals surface area contributed by atoms with Crippen molar-refractivity contribution in [3.63, 3.8) is 0 Å². The largest absolute Gasteiger partial charge is 0.450 e. The molecule has 0 atom stereocenters. The van der Waals surface area contributed by atoms with Crippen LogP contribution in [-0.4, -0.2) is 67.0 Å². The van der Waals surface area contributed by atoms with Crippen LogP contribution < -0.4 is 5.32 Å². The van der Waals surface area contributed by atoms with E-state index in [0.29, 0.717) is 38.3 Å². The normalized spacial score (nSPS) is 14.2. The van der Waals surface area contributed by atoms with Crippen molar-refractivity contribution in [1.82, 2.24) is 15.1 Å². The summed E-state index contributed by atoms with van der Waals surface area (Å²) < 4.78 is 4.95. The lowest BCUT2D eigenvalue weighted by molar-refractivity contribution is -0.131. The van der Waals surface area contributed by atoms with E-state index in [4.69, 9.17) is 4.74 Å². The van der Waals surface area contributed by atoms with Crippen LogP contribution in [0.5, 0.6) is 0 Å². The Morgan fingerprint density at radius 2 is 1.56 bits per heavy atom. The number of carbonyl (C=O) groups is 3. The lowest BCUT2D eigenvalue weighted by atomic mass is 10.1. The van der Waals surface area contributed by atoms with E-state index in [1.165, 1.54) is 0 Å². The zero-order valence-corrected chi connectivity index (χ0v) is 15.0. The molecular weight excluding hydrogens is 322 g/mol. The van der Waals surface area contributed by atoms with Crippen molar-refractivity contribution in [1.29, 1.82) is 0 Å². The summed E-state index contributed by atoms with van der Waals surface area (Å²) in [6.07, 6.45) is -0.349. The predicted molar refractivity (Wildman–Crippen MR) is 93.4 cm³/mol. The van der Waals surface area contributed by atoms with Crippen LogP contribution in [0.4, 0.5) is 4.79 Å². The van der Waals surface area contributed by atoms with E-state index in [0.717, 1.165) is 11.1 Å². The number of benzene rings is 1. The molecule has 0 bridgehead atoms. The zero-order chi connectivity index (χ0) is 18.4. The minimum atomic E-state index is -0.349. The molecule has 0 aliphatic carbocycles. The number of rotatable bonds is 4. The van der Waals surface area contributed by atoms with Crippen LogP contribution >= 0.6 is 0 Å². The van der Waals surface area contributed by atoms with Crippen LogP contribution in [0.25, 0.3) is 0 Å². The fourth-order valence-electron chi connectivity index (χ4n) is 2.83. The van der Waals surface area contributed by atoms with Crippen molar-refractivity contribution in [2.75, 3.05) is 39.3 Å². The summed E-state index contributed by atoms with van der Waals surface area (Å²) >= 11 is 0. The summed E-state index contributed by atoms with van der Waals surface area (Å²) in [5, 5.41) is 2.67. The van der Waals surface area contributed by atoms with E-state index in [1.807, 2.05) is 19.9 Å². The van der Waals surface area contributed by atoms with Gasteiger partial charge in [-0.1, -0.05) is 17.2 Å². The van der Waals surface area contributed by atoms with Crippen molar-refractivity contribution in [2.24, 2.45) is 0 Å². The molecule has 0 unspecified atom stereocenters. The van der Waals surface area contributed by atoms with E-state index in [-0.39, 0.29) is 24.5 Å². The molecule has 0 radical (unpaired) electrons. The van der Waals surface area contributed by atoms with Crippen LogP contribution in [0, 0.1) is 13.8 Å². The smallest absolute Gasteiger partial charge is 0.409 e. The Labute approximate surface area is 147 Å². The molecule has 1 aromatic carbocycles. The van der Waals surface area contributed by atoms with Gasteiger partial charge in [-0.2, -0.15) is 0 Å². The van der Waals surface area contributed by atoms with Crippen molar-refractivity contribution < 1.29 is 19.1 Å². The summed E-state index contributed by atoms with van der Waals surface area (Å²) in [4.78, 5) is 39.3. The van der Waals surface area contributed by atoms with Gasteiger partial charge in [0, 0.05) is 31.7 Å². The molecule has 1 heterocycles. The summed E-state index contributed by atoms with van der Waals surface area (Å²) in [6.45, 7) is 7.67. The molecule has 0 aromatic heterocycles. The minimum Gasteiger partial charge on any atom is -0.450 e. The molecule has 7 nitrogen and oxygen atoms in total. The maximum atomic E-state index is 12.2. The first-order valence-electron chi connectivity index (χ1n) is 8.46. The Morgan fingerprint density at radius 1 is 1.00 bits per heavy atom. The first-order valence-corrected chi connectivity index (χ1v) is 8.46. The van der Waals surface area contributed by atoms with Crippen LogP contribution in [0.15, 0.2) is 18.2 Å². The van der Waals surface area contributed by atoms with Crippen LogP contribution in [0.2, 0.25) is 0 Å². The third kappa shape index (κ3) is 5.20. The molecule has 136 valence electrons. The molecule has 25 heavy (non-hydrogen) atoms. The second-order valence-corrected chi connectivity index (χ2v) is 6.13. The van der Waals surface area contributed by atoms with Gasteiger partial charge in [0.1, 0.15) is 0 Å². The van der Waals surface area contributed by atoms with E-state index < -0.39 is 0 Å². The zero-order valence-electron chi connectivity index (χ0n) is 15.0. The number of nitrogens with zero attached hydrogens (tertiary/aromatic N) is 2. The fourth-order valence-corrected chi connectivity index (χ4v) is 2.83. The third-order valence-electron chi connectivity index (χ3n) is 4.04. The van der Waals surface area contributed by atoms with E-state index >= 15 is 0 Å². The van der Waals surface area contributed by atoms with E-state index in [2.05, 4.69) is 5.32 Å². The maximum Gasteiger partial charge on any atom is 0.409 e. The maximum absolute atomic E-state index is 12.2. The molecule has 1 fully saturated rings. The Kier molecular flexibility index (Phi) is 6.38. The highest BCUT2D eigenvalue weighted by Crippen LogP contribution is 2.09. The lowest BCUT2D eigenvalue weighted by Gasteiger charge is -2.34. The van der Waals surface area contributed by atoms with Gasteiger partial charge in [-0.05, 0) is 32.9 Å². The topological polar surface area (TPSA) is 79.0 Å². The molecular formula is C18H25N3O4. The molecule has 0 saturated carbocycles. The monoisotopic (exact) mass is 347 g/mol. The van der Waals surface area contributed by atoms with Crippen molar-refractivity contribution >= 4 is 17.9 Å². The van der Waals surface area contributed by atoms with Gasteiger partial charge in [0.25, 0.3) is 5.91 Å². The van der Waals surface area contributed by atoms with Gasteiger partial charge >= 0.3 is 6.09 Å². The van der Waals surface area contributed by atoms with Crippen LogP contribution in [0.3, 0.4) is 0 Å². The summed E-state index contributed by atoms with van der Waals surface area (Å²) in [6, 6.07) is 5.58. The number of carbonyl (C=O) groups excluding carboxylic acids is 3. The Hall–Kier alpha value is -2.57. The average molecular weight is 347 g/mol. The van der Waals surface area contributed by atoms with Crippen molar-refractivity contribution in [2.45, 2.75) is 20.8 Å². The minimum absolute atomic E-state index is 0.0504. The van der Waals surface area contributed by atoms with Gasteiger partial charge in [-0.3, -0.25) is 9.59 Å². The molecule has 1 aliphatic rings. The highest BCUT2D eigenvalue weighted by molar-refractivity contribution is 5.96. The Balaban J connectivity index is 1.81. The molecule has 1 aromatic rings. The van der Waals surface area contributed by atoms with Crippen molar-refractivity contribution in [3.05, 3.63) is 34.9 Å². The molecule has 0 spiro atoms. The predicted octanol–water partition coefficient (Wildman–Crippen LogP) is 1.33. The number of ether oxygens (including phenoxy) is 1. The quantitative estimate of drug-likeness (QED) is 0.891. The molecule has 1 N–H and O–H groups in total. The number of nitrogens with one attached hydrogen (secondary N) is 1. The number of aryl methyl sites for hydroxylation is 2. The second-order valence-electron chi connectivity index (χ2n) is 6.13. The average Bonchev–Trinajstić information content (AvgIpc) is 2.59. The highest BCUT2D eigenvalue weighted by Gasteiger charge is 2.24. The van der Waals surface area contributed by atoms with E-state index in [9.17, 15) is 14.4 Å². The van der Waals surface area contributed by atoms with Gasteiger partial charge < -0.3 is 19.9 Å². The van der Waals surface area contributed by atoms with E-state index in [1.54, 1.807) is 28.9 Å². The van der Waals surface area contributed by atoms with Crippen molar-refractivity contribution in [3.8, 4) is 0 Å². The molecule has 1 aliphatic heterocycles. The van der Waals surface area contributed by atoms with Crippen LogP contribution in [0.1, 0.15) is 28.4 Å². The number of hydrogen-bond acceptors (Lipinski definition) is 4. The SMILES string of the molecule is CCOC(=O)N1CCN(C(=O)CNC(=O)c2cc(C)cc(C)c2)CC1.